The second kappa shape index (κ2) is 6.21. The molecular weight excluding hydrogens is 282 g/mol. The molecule has 2 aromatic rings. The zero-order chi connectivity index (χ0) is 15.5. The van der Waals surface area contributed by atoms with Crippen molar-refractivity contribution in [2.75, 3.05) is 13.1 Å². The summed E-state index contributed by atoms with van der Waals surface area (Å²) < 4.78 is 5.05. The average Bonchev–Trinajstić information content (AvgIpc) is 3.01. The minimum Gasteiger partial charge on any atom is -0.340 e. The van der Waals surface area contributed by atoms with E-state index < -0.39 is 0 Å². The van der Waals surface area contributed by atoms with Crippen LogP contribution in [0.25, 0.3) is 0 Å². The van der Waals surface area contributed by atoms with Crippen LogP contribution >= 0.6 is 0 Å². The molecule has 3 heterocycles. The molecule has 0 saturated carbocycles. The first-order valence-electron chi connectivity index (χ1n) is 7.57. The van der Waals surface area contributed by atoms with Crippen molar-refractivity contribution in [1.29, 1.82) is 0 Å². The van der Waals surface area contributed by atoms with Crippen molar-refractivity contribution >= 4 is 5.91 Å². The Hall–Kier alpha value is -2.31. The highest BCUT2D eigenvalue weighted by Gasteiger charge is 2.29. The predicted molar refractivity (Wildman–Crippen MR) is 78.3 cm³/mol. The molecule has 0 N–H and O–H groups in total. The number of rotatable bonds is 3. The maximum atomic E-state index is 12.7. The SMILES string of the molecule is CCc1ncncc1C(=O)N1CCC[C@@H](c2noc(C)n2)C1. The van der Waals surface area contributed by atoms with Crippen molar-refractivity contribution in [3.05, 3.63) is 35.5 Å². The fraction of sp³-hybridized carbons (Fsp3) is 0.533. The molecule has 0 aromatic carbocycles. The van der Waals surface area contributed by atoms with Crippen molar-refractivity contribution in [3.8, 4) is 0 Å². The van der Waals surface area contributed by atoms with Crippen molar-refractivity contribution in [2.24, 2.45) is 0 Å². The first kappa shape index (κ1) is 14.6. The lowest BCUT2D eigenvalue weighted by Gasteiger charge is -2.31. The molecule has 1 aliphatic rings. The highest BCUT2D eigenvalue weighted by atomic mass is 16.5. The van der Waals surface area contributed by atoms with Gasteiger partial charge in [0.05, 0.1) is 11.3 Å². The van der Waals surface area contributed by atoms with Gasteiger partial charge in [-0.15, -0.1) is 0 Å². The van der Waals surface area contributed by atoms with Crippen LogP contribution in [0.15, 0.2) is 17.0 Å². The largest absolute Gasteiger partial charge is 0.340 e. The van der Waals surface area contributed by atoms with Crippen molar-refractivity contribution in [2.45, 2.75) is 39.0 Å². The molecule has 1 amide bonds. The van der Waals surface area contributed by atoms with E-state index in [-0.39, 0.29) is 11.8 Å². The lowest BCUT2D eigenvalue weighted by molar-refractivity contribution is 0.0701. The van der Waals surface area contributed by atoms with Crippen LogP contribution in [0.1, 0.15) is 53.5 Å². The molecule has 0 aliphatic carbocycles. The Balaban J connectivity index is 1.78. The number of piperidine rings is 1. The van der Waals surface area contributed by atoms with Gasteiger partial charge in [-0.05, 0) is 19.3 Å². The maximum absolute atomic E-state index is 12.7. The van der Waals surface area contributed by atoms with E-state index in [1.807, 2.05) is 11.8 Å². The van der Waals surface area contributed by atoms with Gasteiger partial charge in [-0.2, -0.15) is 4.98 Å². The maximum Gasteiger partial charge on any atom is 0.257 e. The molecule has 0 bridgehead atoms. The minimum atomic E-state index is -0.0117. The second-order valence-electron chi connectivity index (χ2n) is 5.50. The Morgan fingerprint density at radius 3 is 3.09 bits per heavy atom. The predicted octanol–water partition coefficient (Wildman–Crippen LogP) is 1.75. The molecule has 7 nitrogen and oxygen atoms in total. The van der Waals surface area contributed by atoms with Gasteiger partial charge in [0.25, 0.3) is 5.91 Å². The Bertz CT molecular complexity index is 669. The Morgan fingerprint density at radius 2 is 2.36 bits per heavy atom. The second-order valence-corrected chi connectivity index (χ2v) is 5.50. The minimum absolute atomic E-state index is 0.0117. The van der Waals surface area contributed by atoms with Crippen LogP contribution in [0.5, 0.6) is 0 Å². The first-order valence-corrected chi connectivity index (χ1v) is 7.57. The first-order chi connectivity index (χ1) is 10.7. The van der Waals surface area contributed by atoms with E-state index in [1.165, 1.54) is 6.33 Å². The zero-order valence-corrected chi connectivity index (χ0v) is 12.8. The van der Waals surface area contributed by atoms with E-state index in [9.17, 15) is 4.79 Å². The number of carbonyl (C=O) groups excluding carboxylic acids is 1. The van der Waals surface area contributed by atoms with Gasteiger partial charge in [0, 0.05) is 32.1 Å². The quantitative estimate of drug-likeness (QED) is 0.858. The van der Waals surface area contributed by atoms with Gasteiger partial charge in [0.1, 0.15) is 6.33 Å². The van der Waals surface area contributed by atoms with E-state index in [0.29, 0.717) is 30.2 Å². The van der Waals surface area contributed by atoms with Gasteiger partial charge in [-0.3, -0.25) is 4.79 Å². The molecule has 1 aliphatic heterocycles. The van der Waals surface area contributed by atoms with Gasteiger partial charge < -0.3 is 9.42 Å². The number of aryl methyl sites for hydroxylation is 2. The fourth-order valence-corrected chi connectivity index (χ4v) is 2.84. The normalized spacial score (nSPS) is 18.5. The summed E-state index contributed by atoms with van der Waals surface area (Å²) in [5, 5.41) is 3.99. The van der Waals surface area contributed by atoms with Gasteiger partial charge in [0.15, 0.2) is 5.82 Å². The number of carbonyl (C=O) groups is 1. The van der Waals surface area contributed by atoms with Crippen molar-refractivity contribution < 1.29 is 9.32 Å². The molecule has 1 atom stereocenters. The third-order valence-electron chi connectivity index (χ3n) is 3.98. The highest BCUT2D eigenvalue weighted by molar-refractivity contribution is 5.95. The smallest absolute Gasteiger partial charge is 0.257 e. The summed E-state index contributed by atoms with van der Waals surface area (Å²) in [5.74, 6) is 1.37. The number of aromatic nitrogens is 4. The lowest BCUT2D eigenvalue weighted by atomic mass is 9.96. The molecule has 0 radical (unpaired) electrons. The summed E-state index contributed by atoms with van der Waals surface area (Å²) in [4.78, 5) is 27.1. The summed E-state index contributed by atoms with van der Waals surface area (Å²) in [6.45, 7) is 5.11. The molecule has 0 spiro atoms. The monoisotopic (exact) mass is 301 g/mol. The van der Waals surface area contributed by atoms with E-state index in [4.69, 9.17) is 4.52 Å². The lowest BCUT2D eigenvalue weighted by Crippen LogP contribution is -2.39. The number of hydrogen-bond acceptors (Lipinski definition) is 6. The Morgan fingerprint density at radius 1 is 1.50 bits per heavy atom. The standard InChI is InChI=1S/C15H19N5O2/c1-3-13-12(7-16-9-17-13)15(21)20-6-4-5-11(8-20)14-18-10(2)22-19-14/h7,9,11H,3-6,8H2,1-2H3/t11-/m1/s1. The molecule has 22 heavy (non-hydrogen) atoms. The van der Waals surface area contributed by atoms with Gasteiger partial charge >= 0.3 is 0 Å². The molecule has 1 saturated heterocycles. The molecular formula is C15H19N5O2. The van der Waals surface area contributed by atoms with Crippen LogP contribution < -0.4 is 0 Å². The Kier molecular flexibility index (Phi) is 4.13. The number of nitrogens with zero attached hydrogens (tertiary/aromatic N) is 5. The highest BCUT2D eigenvalue weighted by Crippen LogP contribution is 2.26. The van der Waals surface area contributed by atoms with Crippen LogP contribution in [-0.2, 0) is 6.42 Å². The van der Waals surface area contributed by atoms with E-state index in [2.05, 4.69) is 20.1 Å². The number of amides is 1. The third-order valence-corrected chi connectivity index (χ3v) is 3.98. The molecule has 1 fully saturated rings. The molecule has 7 heteroatoms. The number of likely N-dealkylation sites (tertiary alicyclic amines) is 1. The number of hydrogen-bond donors (Lipinski definition) is 0. The van der Waals surface area contributed by atoms with Crippen molar-refractivity contribution in [1.82, 2.24) is 25.0 Å². The van der Waals surface area contributed by atoms with Crippen molar-refractivity contribution in [3.63, 3.8) is 0 Å². The van der Waals surface area contributed by atoms with E-state index in [1.54, 1.807) is 13.1 Å². The van der Waals surface area contributed by atoms with Crippen LogP contribution in [0.4, 0.5) is 0 Å². The molecule has 116 valence electrons. The molecule has 2 aromatic heterocycles. The zero-order valence-electron chi connectivity index (χ0n) is 12.8. The fourth-order valence-electron chi connectivity index (χ4n) is 2.84. The van der Waals surface area contributed by atoms with Crippen LogP contribution in [0.3, 0.4) is 0 Å². The average molecular weight is 301 g/mol. The summed E-state index contributed by atoms with van der Waals surface area (Å²) in [7, 11) is 0. The van der Waals surface area contributed by atoms with E-state index >= 15 is 0 Å². The van der Waals surface area contributed by atoms with Crippen LogP contribution in [0.2, 0.25) is 0 Å². The summed E-state index contributed by atoms with van der Waals surface area (Å²) >= 11 is 0. The van der Waals surface area contributed by atoms with E-state index in [0.717, 1.165) is 25.1 Å². The Labute approximate surface area is 128 Å². The third kappa shape index (κ3) is 2.84. The van der Waals surface area contributed by atoms with Crippen LogP contribution in [0, 0.1) is 6.92 Å². The van der Waals surface area contributed by atoms with Gasteiger partial charge in [0.2, 0.25) is 5.89 Å². The molecule has 3 rings (SSSR count). The summed E-state index contributed by atoms with van der Waals surface area (Å²) in [6.07, 6.45) is 5.70. The van der Waals surface area contributed by atoms with Gasteiger partial charge in [-0.1, -0.05) is 12.1 Å². The summed E-state index contributed by atoms with van der Waals surface area (Å²) in [5.41, 5.74) is 1.38. The van der Waals surface area contributed by atoms with Gasteiger partial charge in [-0.25, -0.2) is 9.97 Å². The van der Waals surface area contributed by atoms with Crippen LogP contribution in [-0.4, -0.2) is 44.0 Å². The summed E-state index contributed by atoms with van der Waals surface area (Å²) in [6, 6.07) is 0. The molecule has 0 unspecified atom stereocenters. The topological polar surface area (TPSA) is 85.0 Å².